The average molecular weight is 314 g/mol. The first kappa shape index (κ1) is 18.1. The van der Waals surface area contributed by atoms with Gasteiger partial charge in [0.25, 0.3) is 0 Å². The molecule has 0 aromatic carbocycles. The molecule has 1 aliphatic rings. The van der Waals surface area contributed by atoms with E-state index in [1.165, 1.54) is 7.11 Å². The van der Waals surface area contributed by atoms with Crippen molar-refractivity contribution in [1.29, 1.82) is 0 Å². The molecular formula is C16H26O4S. The minimum absolute atomic E-state index is 0.0349. The highest BCUT2D eigenvalue weighted by atomic mass is 32.2. The van der Waals surface area contributed by atoms with E-state index in [1.807, 2.05) is 20.1 Å². The van der Waals surface area contributed by atoms with Crippen LogP contribution in [-0.4, -0.2) is 36.2 Å². The Morgan fingerprint density at radius 1 is 1.38 bits per heavy atom. The van der Waals surface area contributed by atoms with Gasteiger partial charge < -0.3 is 9.47 Å². The van der Waals surface area contributed by atoms with Crippen molar-refractivity contribution < 1.29 is 19.1 Å². The van der Waals surface area contributed by atoms with E-state index in [4.69, 9.17) is 9.47 Å². The summed E-state index contributed by atoms with van der Waals surface area (Å²) < 4.78 is 10.7. The van der Waals surface area contributed by atoms with Crippen molar-refractivity contribution in [1.82, 2.24) is 0 Å². The first-order valence-corrected chi connectivity index (χ1v) is 8.56. The largest absolute Gasteiger partial charge is 0.469 e. The zero-order chi connectivity index (χ0) is 16.2. The summed E-state index contributed by atoms with van der Waals surface area (Å²) in [6.45, 7) is 9.23. The maximum absolute atomic E-state index is 12.3. The second-order valence-corrected chi connectivity index (χ2v) is 7.13. The van der Waals surface area contributed by atoms with Crippen LogP contribution in [0.15, 0.2) is 12.2 Å². The molecule has 120 valence electrons. The fraction of sp³-hybridized carbons (Fsp3) is 0.750. The van der Waals surface area contributed by atoms with Crippen LogP contribution < -0.4 is 0 Å². The van der Waals surface area contributed by atoms with Crippen molar-refractivity contribution in [3.8, 4) is 0 Å². The molecule has 0 aromatic heterocycles. The summed E-state index contributed by atoms with van der Waals surface area (Å²) in [5, 5.41) is 0.393. The predicted molar refractivity (Wildman–Crippen MR) is 85.1 cm³/mol. The molecule has 4 nitrogen and oxygen atoms in total. The molecule has 0 saturated heterocycles. The number of methoxy groups -OCH3 is 1. The average Bonchev–Trinajstić information content (AvgIpc) is 2.46. The predicted octanol–water partition coefficient (Wildman–Crippen LogP) is 3.21. The molecule has 0 spiro atoms. The van der Waals surface area contributed by atoms with Gasteiger partial charge in [0.1, 0.15) is 5.60 Å². The van der Waals surface area contributed by atoms with Gasteiger partial charge in [0.05, 0.1) is 13.0 Å². The van der Waals surface area contributed by atoms with Gasteiger partial charge in [-0.05, 0) is 38.4 Å². The standard InChI is InChI=1S/C16H26O4S/c1-10(2)14(17)20-16(11(3)4)8-7-12(21-6)9-13(16)15(18)19-5/h11-13H,1,7-9H2,2-6H3. The van der Waals surface area contributed by atoms with Crippen LogP contribution in [0.4, 0.5) is 0 Å². The fourth-order valence-electron chi connectivity index (χ4n) is 2.98. The molecule has 1 rings (SSSR count). The van der Waals surface area contributed by atoms with Crippen molar-refractivity contribution in [2.75, 3.05) is 13.4 Å². The smallest absolute Gasteiger partial charge is 0.333 e. The quantitative estimate of drug-likeness (QED) is 0.576. The molecule has 21 heavy (non-hydrogen) atoms. The van der Waals surface area contributed by atoms with Crippen molar-refractivity contribution >= 4 is 23.7 Å². The number of esters is 2. The summed E-state index contributed by atoms with van der Waals surface area (Å²) in [6.07, 6.45) is 4.32. The second-order valence-electron chi connectivity index (χ2n) is 5.99. The van der Waals surface area contributed by atoms with E-state index >= 15 is 0 Å². The van der Waals surface area contributed by atoms with Gasteiger partial charge in [0, 0.05) is 10.8 Å². The molecule has 1 saturated carbocycles. The van der Waals surface area contributed by atoms with Gasteiger partial charge in [-0.25, -0.2) is 4.79 Å². The fourth-order valence-corrected chi connectivity index (χ4v) is 3.72. The Balaban J connectivity index is 3.15. The SMILES string of the molecule is C=C(C)C(=O)OC1(C(C)C)CCC(SC)CC1C(=O)OC. The summed E-state index contributed by atoms with van der Waals surface area (Å²) in [6, 6.07) is 0. The lowest BCUT2D eigenvalue weighted by molar-refractivity contribution is -0.185. The van der Waals surface area contributed by atoms with E-state index in [9.17, 15) is 9.59 Å². The van der Waals surface area contributed by atoms with Crippen LogP contribution in [0.2, 0.25) is 0 Å². The molecular weight excluding hydrogens is 288 g/mol. The summed E-state index contributed by atoms with van der Waals surface area (Å²) >= 11 is 1.75. The van der Waals surface area contributed by atoms with Crippen LogP contribution in [0.1, 0.15) is 40.0 Å². The first-order valence-electron chi connectivity index (χ1n) is 7.28. The van der Waals surface area contributed by atoms with Gasteiger partial charge in [-0.3, -0.25) is 4.79 Å². The topological polar surface area (TPSA) is 52.6 Å². The lowest BCUT2D eigenvalue weighted by atomic mass is 9.69. The number of ether oxygens (including phenoxy) is 2. The molecule has 0 radical (unpaired) electrons. The highest BCUT2D eigenvalue weighted by Gasteiger charge is 2.52. The maximum atomic E-state index is 12.3. The third-order valence-corrected chi connectivity index (χ3v) is 5.47. The van der Waals surface area contributed by atoms with Crippen LogP contribution in [0, 0.1) is 11.8 Å². The van der Waals surface area contributed by atoms with Gasteiger partial charge in [0.2, 0.25) is 0 Å². The van der Waals surface area contributed by atoms with Crippen LogP contribution in [0.25, 0.3) is 0 Å². The lowest BCUT2D eigenvalue weighted by Crippen LogP contribution is -2.54. The van der Waals surface area contributed by atoms with E-state index in [2.05, 4.69) is 6.58 Å². The minimum atomic E-state index is -0.796. The van der Waals surface area contributed by atoms with E-state index in [0.29, 0.717) is 23.7 Å². The van der Waals surface area contributed by atoms with E-state index in [0.717, 1.165) is 6.42 Å². The normalized spacial score (nSPS) is 29.0. The molecule has 0 N–H and O–H groups in total. The molecule has 0 aliphatic heterocycles. The van der Waals surface area contributed by atoms with Crippen molar-refractivity contribution in [2.24, 2.45) is 11.8 Å². The van der Waals surface area contributed by atoms with Crippen LogP contribution in [0.3, 0.4) is 0 Å². The zero-order valence-corrected chi connectivity index (χ0v) is 14.4. The third kappa shape index (κ3) is 3.82. The van der Waals surface area contributed by atoms with Crippen molar-refractivity contribution in [3.63, 3.8) is 0 Å². The maximum Gasteiger partial charge on any atom is 0.333 e. The van der Waals surface area contributed by atoms with Gasteiger partial charge in [-0.1, -0.05) is 20.4 Å². The Morgan fingerprint density at radius 2 is 2.00 bits per heavy atom. The highest BCUT2D eigenvalue weighted by Crippen LogP contribution is 2.45. The van der Waals surface area contributed by atoms with Gasteiger partial charge in [0.15, 0.2) is 0 Å². The number of carbonyl (C=O) groups excluding carboxylic acids is 2. The number of hydrogen-bond donors (Lipinski definition) is 0. The van der Waals surface area contributed by atoms with Crippen molar-refractivity contribution in [3.05, 3.63) is 12.2 Å². The highest BCUT2D eigenvalue weighted by molar-refractivity contribution is 7.99. The van der Waals surface area contributed by atoms with Crippen molar-refractivity contribution in [2.45, 2.75) is 50.9 Å². The van der Waals surface area contributed by atoms with Crippen LogP contribution in [-0.2, 0) is 19.1 Å². The van der Waals surface area contributed by atoms with E-state index < -0.39 is 17.5 Å². The first-order chi connectivity index (χ1) is 9.78. The summed E-state index contributed by atoms with van der Waals surface area (Å²) in [4.78, 5) is 24.3. The lowest BCUT2D eigenvalue weighted by Gasteiger charge is -2.46. The van der Waals surface area contributed by atoms with Gasteiger partial charge in [-0.15, -0.1) is 0 Å². The number of thioether (sulfide) groups is 1. The van der Waals surface area contributed by atoms with E-state index in [1.54, 1.807) is 18.7 Å². The molecule has 0 aromatic rings. The molecule has 0 bridgehead atoms. The Morgan fingerprint density at radius 3 is 2.43 bits per heavy atom. The Labute approximate surface area is 131 Å². The molecule has 3 atom stereocenters. The summed E-state index contributed by atoms with van der Waals surface area (Å²) in [5.41, 5.74) is -0.444. The van der Waals surface area contributed by atoms with Gasteiger partial charge >= 0.3 is 11.9 Å². The number of carbonyl (C=O) groups is 2. The molecule has 0 amide bonds. The Hall–Kier alpha value is -0.970. The third-order valence-electron chi connectivity index (χ3n) is 4.37. The Kier molecular flexibility index (Phi) is 6.32. The Bertz CT molecular complexity index is 419. The molecule has 3 unspecified atom stereocenters. The van der Waals surface area contributed by atoms with Crippen LogP contribution in [0.5, 0.6) is 0 Å². The monoisotopic (exact) mass is 314 g/mol. The molecule has 0 heterocycles. The second kappa shape index (κ2) is 7.34. The zero-order valence-electron chi connectivity index (χ0n) is 13.6. The number of rotatable bonds is 5. The minimum Gasteiger partial charge on any atom is -0.469 e. The molecule has 1 fully saturated rings. The van der Waals surface area contributed by atoms with E-state index in [-0.39, 0.29) is 11.9 Å². The van der Waals surface area contributed by atoms with Gasteiger partial charge in [-0.2, -0.15) is 11.8 Å². The number of hydrogen-bond acceptors (Lipinski definition) is 5. The van der Waals surface area contributed by atoms with Crippen LogP contribution >= 0.6 is 11.8 Å². The molecule has 5 heteroatoms. The summed E-state index contributed by atoms with van der Waals surface area (Å²) in [5.74, 6) is -1.11. The summed E-state index contributed by atoms with van der Waals surface area (Å²) in [7, 11) is 1.39. The molecule has 1 aliphatic carbocycles.